The second kappa shape index (κ2) is 6.45. The molecule has 2 unspecified atom stereocenters. The lowest BCUT2D eigenvalue weighted by Crippen LogP contribution is -2.67. The van der Waals surface area contributed by atoms with Gasteiger partial charge < -0.3 is 25.2 Å². The number of ether oxygens (including phenoxy) is 1. The molecule has 3 rings (SSSR count). The van der Waals surface area contributed by atoms with Crippen LogP contribution >= 0.6 is 0 Å². The summed E-state index contributed by atoms with van der Waals surface area (Å²) < 4.78 is 6.46. The number of aliphatic hydroxyl groups excluding tert-OH is 4. The van der Waals surface area contributed by atoms with Crippen molar-refractivity contribution in [3.8, 4) is 0 Å². The fourth-order valence-electron chi connectivity index (χ4n) is 6.88. The molecular weight excluding hydrogens is 320 g/mol. The van der Waals surface area contributed by atoms with E-state index in [-0.39, 0.29) is 24.0 Å². The molecular formula is C20H36O5. The molecule has 0 radical (unpaired) electrons. The first-order valence-corrected chi connectivity index (χ1v) is 9.90. The van der Waals surface area contributed by atoms with Crippen LogP contribution in [-0.2, 0) is 4.74 Å². The Morgan fingerprint density at radius 3 is 2.20 bits per heavy atom. The van der Waals surface area contributed by atoms with E-state index in [1.807, 2.05) is 0 Å². The van der Waals surface area contributed by atoms with Gasteiger partial charge in [-0.3, -0.25) is 0 Å². The zero-order valence-electron chi connectivity index (χ0n) is 16.0. The van der Waals surface area contributed by atoms with Crippen LogP contribution in [-0.4, -0.2) is 57.6 Å². The van der Waals surface area contributed by atoms with Gasteiger partial charge in [0.2, 0.25) is 0 Å². The second-order valence-electron chi connectivity index (χ2n) is 9.69. The van der Waals surface area contributed by atoms with Crippen LogP contribution in [0.4, 0.5) is 0 Å². The van der Waals surface area contributed by atoms with Crippen molar-refractivity contribution in [2.24, 2.45) is 22.7 Å². The number of rotatable bonds is 4. The summed E-state index contributed by atoms with van der Waals surface area (Å²) in [7, 11) is 0. The largest absolute Gasteiger partial charge is 0.396 e. The van der Waals surface area contributed by atoms with Crippen LogP contribution in [0.25, 0.3) is 0 Å². The van der Waals surface area contributed by atoms with Gasteiger partial charge in [0, 0.05) is 6.61 Å². The third kappa shape index (κ3) is 2.78. The fraction of sp³-hybridized carbons (Fsp3) is 1.00. The minimum absolute atomic E-state index is 0.0234. The number of hydrogen-bond acceptors (Lipinski definition) is 5. The van der Waals surface area contributed by atoms with Crippen molar-refractivity contribution in [1.29, 1.82) is 0 Å². The molecule has 1 aliphatic heterocycles. The minimum atomic E-state index is -1.06. The fourth-order valence-corrected chi connectivity index (χ4v) is 6.88. The third-order valence-corrected chi connectivity index (χ3v) is 8.26. The van der Waals surface area contributed by atoms with Crippen LogP contribution in [0.5, 0.6) is 0 Å². The van der Waals surface area contributed by atoms with E-state index in [2.05, 4.69) is 20.8 Å². The van der Waals surface area contributed by atoms with Gasteiger partial charge in [-0.05, 0) is 68.1 Å². The highest BCUT2D eigenvalue weighted by Crippen LogP contribution is 2.65. The highest BCUT2D eigenvalue weighted by molar-refractivity contribution is 5.12. The summed E-state index contributed by atoms with van der Waals surface area (Å²) in [5, 5.41) is 39.7. The number of hydrogen-bond donors (Lipinski definition) is 4. The first kappa shape index (κ1) is 19.6. The summed E-state index contributed by atoms with van der Waals surface area (Å²) in [5.41, 5.74) is -1.38. The van der Waals surface area contributed by atoms with E-state index in [4.69, 9.17) is 4.74 Å². The van der Waals surface area contributed by atoms with E-state index >= 15 is 0 Å². The average Bonchev–Trinajstić information content (AvgIpc) is 2.59. The van der Waals surface area contributed by atoms with Gasteiger partial charge in [0.1, 0.15) is 11.7 Å². The molecule has 25 heavy (non-hydrogen) atoms. The van der Waals surface area contributed by atoms with Gasteiger partial charge in [-0.2, -0.15) is 0 Å². The summed E-state index contributed by atoms with van der Waals surface area (Å²) in [4.78, 5) is 0. The van der Waals surface area contributed by atoms with Crippen molar-refractivity contribution < 1.29 is 25.2 Å². The summed E-state index contributed by atoms with van der Waals surface area (Å²) in [6.07, 6.45) is 5.59. The summed E-state index contributed by atoms with van der Waals surface area (Å²) in [5.74, 6) is 0.820. The predicted molar refractivity (Wildman–Crippen MR) is 95.0 cm³/mol. The van der Waals surface area contributed by atoms with Crippen LogP contribution in [0, 0.1) is 22.7 Å². The van der Waals surface area contributed by atoms with Crippen molar-refractivity contribution in [2.75, 3.05) is 19.8 Å². The molecule has 2 saturated carbocycles. The molecule has 0 aromatic heterocycles. The number of aliphatic hydroxyl groups is 4. The standard InChI is InChI=1S/C20H36O5/c1-17(12-22)7-4-8-18(2)14(17)5-9-19(3)15(18)6-10-20(13-23,25-19)16(24)11-21/h14-16,21-24H,4-13H2,1-3H3/t14-,15+,16?,17?,18-,19+,20-/m0/s1. The van der Waals surface area contributed by atoms with Gasteiger partial charge in [0.05, 0.1) is 18.8 Å². The van der Waals surface area contributed by atoms with Crippen LogP contribution < -0.4 is 0 Å². The Morgan fingerprint density at radius 2 is 1.60 bits per heavy atom. The lowest BCUT2D eigenvalue weighted by molar-refractivity contribution is -0.302. The van der Waals surface area contributed by atoms with E-state index in [0.717, 1.165) is 38.5 Å². The Labute approximate surface area is 151 Å². The molecule has 5 nitrogen and oxygen atoms in total. The quantitative estimate of drug-likeness (QED) is 0.617. The highest BCUT2D eigenvalue weighted by atomic mass is 16.6. The van der Waals surface area contributed by atoms with Crippen LogP contribution in [0.1, 0.15) is 65.7 Å². The zero-order chi connectivity index (χ0) is 18.5. The lowest BCUT2D eigenvalue weighted by atomic mass is 9.44. The first-order chi connectivity index (χ1) is 11.7. The molecule has 7 atom stereocenters. The summed E-state index contributed by atoms with van der Waals surface area (Å²) >= 11 is 0. The minimum Gasteiger partial charge on any atom is -0.396 e. The van der Waals surface area contributed by atoms with Gasteiger partial charge in [-0.1, -0.05) is 20.3 Å². The van der Waals surface area contributed by atoms with E-state index in [1.54, 1.807) is 0 Å². The van der Waals surface area contributed by atoms with Crippen molar-refractivity contribution in [3.63, 3.8) is 0 Å². The molecule has 0 amide bonds. The topological polar surface area (TPSA) is 90.2 Å². The maximum Gasteiger partial charge on any atom is 0.120 e. The van der Waals surface area contributed by atoms with E-state index in [9.17, 15) is 20.4 Å². The van der Waals surface area contributed by atoms with Gasteiger partial charge in [0.25, 0.3) is 0 Å². The van der Waals surface area contributed by atoms with Crippen molar-refractivity contribution in [1.82, 2.24) is 0 Å². The van der Waals surface area contributed by atoms with Crippen LogP contribution in [0.3, 0.4) is 0 Å². The van der Waals surface area contributed by atoms with Crippen molar-refractivity contribution in [2.45, 2.75) is 83.0 Å². The Hall–Kier alpha value is -0.200. The Morgan fingerprint density at radius 1 is 0.920 bits per heavy atom. The zero-order valence-corrected chi connectivity index (χ0v) is 16.0. The van der Waals surface area contributed by atoms with Crippen LogP contribution in [0.15, 0.2) is 0 Å². The molecule has 1 saturated heterocycles. The average molecular weight is 357 g/mol. The van der Waals surface area contributed by atoms with E-state index < -0.39 is 23.9 Å². The molecule has 0 spiro atoms. The van der Waals surface area contributed by atoms with E-state index in [1.165, 1.54) is 0 Å². The lowest BCUT2D eigenvalue weighted by Gasteiger charge is -2.66. The highest BCUT2D eigenvalue weighted by Gasteiger charge is 2.63. The summed E-state index contributed by atoms with van der Waals surface area (Å²) in [6, 6.07) is 0. The van der Waals surface area contributed by atoms with Crippen molar-refractivity contribution >= 4 is 0 Å². The molecule has 1 heterocycles. The molecule has 0 aromatic carbocycles. The maximum absolute atomic E-state index is 10.3. The van der Waals surface area contributed by atoms with Gasteiger partial charge in [-0.25, -0.2) is 0 Å². The normalized spacial score (nSPS) is 51.5. The SMILES string of the molecule is CC1(CO)CCC[C@]2(C)[C@H]3CC[C@](CO)(C(O)CO)O[C@]3(C)CC[C@@H]12. The molecule has 146 valence electrons. The monoisotopic (exact) mass is 356 g/mol. The molecule has 0 bridgehead atoms. The second-order valence-corrected chi connectivity index (χ2v) is 9.69. The van der Waals surface area contributed by atoms with Gasteiger partial charge in [-0.15, -0.1) is 0 Å². The van der Waals surface area contributed by atoms with Gasteiger partial charge >= 0.3 is 0 Å². The van der Waals surface area contributed by atoms with E-state index in [0.29, 0.717) is 18.3 Å². The van der Waals surface area contributed by atoms with Crippen molar-refractivity contribution in [3.05, 3.63) is 0 Å². The smallest absolute Gasteiger partial charge is 0.120 e. The number of fused-ring (bicyclic) bond motifs is 3. The molecule has 3 aliphatic rings. The maximum atomic E-state index is 10.3. The molecule has 4 N–H and O–H groups in total. The Kier molecular flexibility index (Phi) is 5.05. The molecule has 3 fully saturated rings. The molecule has 2 aliphatic carbocycles. The first-order valence-electron chi connectivity index (χ1n) is 9.90. The van der Waals surface area contributed by atoms with Gasteiger partial charge in [0.15, 0.2) is 0 Å². The Balaban J connectivity index is 1.92. The van der Waals surface area contributed by atoms with Crippen LogP contribution in [0.2, 0.25) is 0 Å². The summed E-state index contributed by atoms with van der Waals surface area (Å²) in [6.45, 7) is 6.29. The predicted octanol–water partition coefficient (Wildman–Crippen LogP) is 1.85. The third-order valence-electron chi connectivity index (χ3n) is 8.26. The molecule has 0 aromatic rings. The molecule has 5 heteroatoms. The Bertz CT molecular complexity index is 498.